The maximum Gasteiger partial charge on any atom is 0.308 e. The molecule has 0 unspecified atom stereocenters. The molecule has 2 heterocycles. The van der Waals surface area contributed by atoms with E-state index >= 15 is 0 Å². The summed E-state index contributed by atoms with van der Waals surface area (Å²) in [5, 5.41) is 9.05. The third-order valence-corrected chi connectivity index (χ3v) is 3.58. The maximum atomic E-state index is 11.0. The summed E-state index contributed by atoms with van der Waals surface area (Å²) in [6.07, 6.45) is 2.20. The van der Waals surface area contributed by atoms with E-state index in [1.54, 1.807) is 0 Å². The number of nitrogens with zero attached hydrogens (tertiary/aromatic N) is 3. The monoisotopic (exact) mass is 269 g/mol. The molecule has 1 aliphatic rings. The molecule has 5 nitrogen and oxygen atoms in total. The van der Waals surface area contributed by atoms with E-state index in [0.717, 1.165) is 23.6 Å². The van der Waals surface area contributed by atoms with Gasteiger partial charge in [-0.3, -0.25) is 4.79 Å². The number of carbonyl (C=O) groups is 1. The lowest BCUT2D eigenvalue weighted by molar-refractivity contribution is -0.140. The van der Waals surface area contributed by atoms with Crippen LogP contribution in [0.5, 0.6) is 0 Å². The molecule has 1 aromatic heterocycles. The zero-order chi connectivity index (χ0) is 13.9. The van der Waals surface area contributed by atoms with Crippen molar-refractivity contribution in [2.75, 3.05) is 18.0 Å². The number of benzene rings is 1. The minimum atomic E-state index is -0.732. The van der Waals surface area contributed by atoms with Crippen LogP contribution in [0.4, 0.5) is 5.82 Å². The van der Waals surface area contributed by atoms with E-state index in [4.69, 9.17) is 5.11 Å². The first-order chi connectivity index (χ1) is 9.74. The summed E-state index contributed by atoms with van der Waals surface area (Å²) in [5.74, 6) is -0.238. The largest absolute Gasteiger partial charge is 0.481 e. The van der Waals surface area contributed by atoms with E-state index in [9.17, 15) is 4.79 Å². The number of anilines is 1. The molecule has 1 saturated heterocycles. The van der Waals surface area contributed by atoms with Gasteiger partial charge in [-0.25, -0.2) is 9.97 Å². The number of aromatic nitrogens is 2. The molecule has 0 amide bonds. The second kappa shape index (κ2) is 5.28. The predicted molar refractivity (Wildman–Crippen MR) is 75.4 cm³/mol. The molecule has 0 saturated carbocycles. The lowest BCUT2D eigenvalue weighted by atomic mass is 10.1. The Labute approximate surface area is 116 Å². The van der Waals surface area contributed by atoms with Crippen LogP contribution < -0.4 is 4.90 Å². The van der Waals surface area contributed by atoms with Gasteiger partial charge in [-0.15, -0.1) is 0 Å². The smallest absolute Gasteiger partial charge is 0.308 e. The van der Waals surface area contributed by atoms with Gasteiger partial charge in [-0.2, -0.15) is 0 Å². The first-order valence-electron chi connectivity index (χ1n) is 6.59. The standard InChI is InChI=1S/C15H15N3O2/c19-15(20)12-6-7-18(9-12)14-8-13(16-10-17-14)11-4-2-1-3-5-11/h1-5,8,10,12H,6-7,9H2,(H,19,20)/t12-/m0/s1. The van der Waals surface area contributed by atoms with Gasteiger partial charge >= 0.3 is 5.97 Å². The first-order valence-corrected chi connectivity index (χ1v) is 6.59. The fourth-order valence-corrected chi connectivity index (χ4v) is 2.46. The Morgan fingerprint density at radius 2 is 2.05 bits per heavy atom. The molecule has 20 heavy (non-hydrogen) atoms. The first kappa shape index (κ1) is 12.6. The van der Waals surface area contributed by atoms with Crippen LogP contribution in [0, 0.1) is 5.92 Å². The van der Waals surface area contributed by atoms with E-state index < -0.39 is 5.97 Å². The quantitative estimate of drug-likeness (QED) is 0.923. The molecule has 5 heteroatoms. The zero-order valence-electron chi connectivity index (χ0n) is 10.9. The Hall–Kier alpha value is -2.43. The third-order valence-electron chi connectivity index (χ3n) is 3.58. The van der Waals surface area contributed by atoms with Crippen molar-refractivity contribution in [1.82, 2.24) is 9.97 Å². The summed E-state index contributed by atoms with van der Waals surface area (Å²) >= 11 is 0. The van der Waals surface area contributed by atoms with Crippen molar-refractivity contribution in [2.45, 2.75) is 6.42 Å². The van der Waals surface area contributed by atoms with Gasteiger partial charge in [0.05, 0.1) is 11.6 Å². The van der Waals surface area contributed by atoms with Gasteiger partial charge in [0.15, 0.2) is 0 Å². The molecule has 0 radical (unpaired) electrons. The van der Waals surface area contributed by atoms with Crippen molar-refractivity contribution in [3.05, 3.63) is 42.7 Å². The maximum absolute atomic E-state index is 11.0. The molecule has 102 valence electrons. The lowest BCUT2D eigenvalue weighted by Gasteiger charge is -2.17. The van der Waals surface area contributed by atoms with Crippen molar-refractivity contribution in [1.29, 1.82) is 0 Å². The summed E-state index contributed by atoms with van der Waals surface area (Å²) in [6.45, 7) is 1.24. The molecule has 1 fully saturated rings. The second-order valence-corrected chi connectivity index (χ2v) is 4.90. The van der Waals surface area contributed by atoms with Crippen molar-refractivity contribution in [3.8, 4) is 11.3 Å². The minimum absolute atomic E-state index is 0.301. The number of hydrogen-bond donors (Lipinski definition) is 1. The predicted octanol–water partition coefficient (Wildman–Crippen LogP) is 2.05. The second-order valence-electron chi connectivity index (χ2n) is 4.90. The van der Waals surface area contributed by atoms with Crippen LogP contribution in [0.15, 0.2) is 42.7 Å². The van der Waals surface area contributed by atoms with Gasteiger partial charge in [-0.1, -0.05) is 30.3 Å². The fraction of sp³-hybridized carbons (Fsp3) is 0.267. The van der Waals surface area contributed by atoms with E-state index in [-0.39, 0.29) is 5.92 Å². The highest BCUT2D eigenvalue weighted by Crippen LogP contribution is 2.25. The van der Waals surface area contributed by atoms with Crippen molar-refractivity contribution >= 4 is 11.8 Å². The summed E-state index contributed by atoms with van der Waals surface area (Å²) in [4.78, 5) is 21.6. The number of carboxylic acid groups (broad SMARTS) is 1. The lowest BCUT2D eigenvalue weighted by Crippen LogP contribution is -2.23. The minimum Gasteiger partial charge on any atom is -0.481 e. The normalized spacial score (nSPS) is 18.2. The molecule has 0 bridgehead atoms. The summed E-state index contributed by atoms with van der Waals surface area (Å²) in [5.41, 5.74) is 1.89. The van der Waals surface area contributed by atoms with Crippen molar-refractivity contribution < 1.29 is 9.90 Å². The van der Waals surface area contributed by atoms with Gasteiger partial charge in [0.25, 0.3) is 0 Å². The Kier molecular flexibility index (Phi) is 3.33. The van der Waals surface area contributed by atoms with Gasteiger partial charge in [-0.05, 0) is 6.42 Å². The Bertz CT molecular complexity index is 616. The van der Waals surface area contributed by atoms with E-state index in [0.29, 0.717) is 13.0 Å². The number of aliphatic carboxylic acids is 1. The number of rotatable bonds is 3. The number of carboxylic acids is 1. The van der Waals surface area contributed by atoms with E-state index in [1.165, 1.54) is 6.33 Å². The van der Waals surface area contributed by atoms with Crippen LogP contribution in [-0.2, 0) is 4.79 Å². The van der Waals surface area contributed by atoms with Crippen LogP contribution in [0.3, 0.4) is 0 Å². The molecule has 0 aliphatic carbocycles. The summed E-state index contributed by atoms with van der Waals surface area (Å²) in [7, 11) is 0. The van der Waals surface area contributed by atoms with Crippen LogP contribution in [-0.4, -0.2) is 34.1 Å². The fourth-order valence-electron chi connectivity index (χ4n) is 2.46. The van der Waals surface area contributed by atoms with Crippen LogP contribution in [0.1, 0.15) is 6.42 Å². The Morgan fingerprint density at radius 1 is 1.25 bits per heavy atom. The van der Waals surface area contributed by atoms with Crippen molar-refractivity contribution in [3.63, 3.8) is 0 Å². The van der Waals surface area contributed by atoms with Gasteiger partial charge in [0, 0.05) is 24.7 Å². The highest BCUT2D eigenvalue weighted by Gasteiger charge is 2.28. The highest BCUT2D eigenvalue weighted by molar-refractivity contribution is 5.72. The molecule has 3 rings (SSSR count). The molecule has 2 aromatic rings. The van der Waals surface area contributed by atoms with Crippen LogP contribution in [0.25, 0.3) is 11.3 Å². The van der Waals surface area contributed by atoms with Gasteiger partial charge in [0.2, 0.25) is 0 Å². The number of hydrogen-bond acceptors (Lipinski definition) is 4. The molecule has 1 atom stereocenters. The molecule has 1 N–H and O–H groups in total. The average molecular weight is 269 g/mol. The Balaban J connectivity index is 1.84. The van der Waals surface area contributed by atoms with Gasteiger partial charge in [0.1, 0.15) is 12.1 Å². The topological polar surface area (TPSA) is 66.3 Å². The summed E-state index contributed by atoms with van der Waals surface area (Å²) in [6, 6.07) is 11.8. The third kappa shape index (κ3) is 2.47. The highest BCUT2D eigenvalue weighted by atomic mass is 16.4. The van der Waals surface area contributed by atoms with Crippen molar-refractivity contribution in [2.24, 2.45) is 5.92 Å². The summed E-state index contributed by atoms with van der Waals surface area (Å²) < 4.78 is 0. The Morgan fingerprint density at radius 3 is 2.75 bits per heavy atom. The van der Waals surface area contributed by atoms with Crippen LogP contribution in [0.2, 0.25) is 0 Å². The SMILES string of the molecule is O=C(O)[C@H]1CCN(c2cc(-c3ccccc3)ncn2)C1. The molecule has 0 spiro atoms. The molecular formula is C15H15N3O2. The zero-order valence-corrected chi connectivity index (χ0v) is 10.9. The molecular weight excluding hydrogens is 254 g/mol. The molecule has 1 aliphatic heterocycles. The van der Waals surface area contributed by atoms with Crippen LogP contribution >= 0.6 is 0 Å². The van der Waals surface area contributed by atoms with E-state index in [2.05, 4.69) is 9.97 Å². The van der Waals surface area contributed by atoms with E-state index in [1.807, 2.05) is 41.3 Å². The average Bonchev–Trinajstić information content (AvgIpc) is 2.98. The molecule has 1 aromatic carbocycles. The van der Waals surface area contributed by atoms with Gasteiger partial charge < -0.3 is 10.0 Å².